The maximum Gasteiger partial charge on any atom is 0.418 e. The number of carbonyl (C=O) groups is 1. The van der Waals surface area contributed by atoms with Gasteiger partial charge in [0.05, 0.1) is 29.0 Å². The number of alkyl halides is 3. The molecule has 0 radical (unpaired) electrons. The monoisotopic (exact) mass is 386 g/mol. The molecule has 2 rings (SSSR count). The van der Waals surface area contributed by atoms with Crippen LogP contribution in [0.4, 0.5) is 24.5 Å². The summed E-state index contributed by atoms with van der Waals surface area (Å²) in [5.74, 6) is -0.148. The molecule has 0 fully saturated rings. The Bertz CT molecular complexity index is 810. The number of nitro groups is 1. The van der Waals surface area contributed by atoms with Gasteiger partial charge in [-0.15, -0.1) is 11.8 Å². The van der Waals surface area contributed by atoms with Gasteiger partial charge in [0, 0.05) is 17.0 Å². The Kier molecular flexibility index (Phi) is 6.09. The second-order valence-corrected chi connectivity index (χ2v) is 6.05. The summed E-state index contributed by atoms with van der Waals surface area (Å²) in [6.07, 6.45) is -4.84. The third kappa shape index (κ3) is 5.12. The number of hydrogen-bond donors (Lipinski definition) is 1. The van der Waals surface area contributed by atoms with Crippen molar-refractivity contribution in [3.8, 4) is 5.75 Å². The largest absolute Gasteiger partial charge is 0.497 e. The summed E-state index contributed by atoms with van der Waals surface area (Å²) >= 11 is 1.13. The number of carbonyl (C=O) groups excluding carboxylic acids is 1. The minimum absolute atomic E-state index is 0.124. The highest BCUT2D eigenvalue weighted by atomic mass is 32.2. The predicted octanol–water partition coefficient (Wildman–Crippen LogP) is 4.35. The maximum absolute atomic E-state index is 13.1. The van der Waals surface area contributed by atoms with Crippen LogP contribution in [0.2, 0.25) is 0 Å². The number of halogens is 3. The first kappa shape index (κ1) is 19.6. The van der Waals surface area contributed by atoms with E-state index in [4.69, 9.17) is 4.74 Å². The number of thioether (sulfide) groups is 1. The lowest BCUT2D eigenvalue weighted by Gasteiger charge is -2.13. The van der Waals surface area contributed by atoms with E-state index in [0.29, 0.717) is 11.8 Å². The molecule has 0 saturated heterocycles. The summed E-state index contributed by atoms with van der Waals surface area (Å²) in [6, 6.07) is 8.98. The number of amides is 1. The van der Waals surface area contributed by atoms with Crippen LogP contribution < -0.4 is 10.1 Å². The van der Waals surface area contributed by atoms with Crippen LogP contribution in [-0.4, -0.2) is 23.7 Å². The van der Waals surface area contributed by atoms with E-state index >= 15 is 0 Å². The highest BCUT2D eigenvalue weighted by molar-refractivity contribution is 8.00. The first-order valence-corrected chi connectivity index (χ1v) is 8.11. The highest BCUT2D eigenvalue weighted by Crippen LogP contribution is 2.37. The van der Waals surface area contributed by atoms with Gasteiger partial charge >= 0.3 is 6.18 Å². The minimum Gasteiger partial charge on any atom is -0.497 e. The maximum atomic E-state index is 13.1. The van der Waals surface area contributed by atoms with Crippen LogP contribution in [-0.2, 0) is 11.0 Å². The van der Waals surface area contributed by atoms with Gasteiger partial charge in [-0.25, -0.2) is 0 Å². The highest BCUT2D eigenvalue weighted by Gasteiger charge is 2.35. The average molecular weight is 386 g/mol. The molecule has 0 aliphatic heterocycles. The number of anilines is 1. The lowest BCUT2D eigenvalue weighted by molar-refractivity contribution is -0.385. The Labute approximate surface area is 150 Å². The van der Waals surface area contributed by atoms with Gasteiger partial charge in [0.25, 0.3) is 5.69 Å². The third-order valence-electron chi connectivity index (χ3n) is 3.22. The topological polar surface area (TPSA) is 81.5 Å². The first-order valence-electron chi connectivity index (χ1n) is 7.13. The lowest BCUT2D eigenvalue weighted by atomic mass is 10.1. The van der Waals surface area contributed by atoms with E-state index < -0.39 is 33.9 Å². The van der Waals surface area contributed by atoms with Crippen LogP contribution >= 0.6 is 11.8 Å². The van der Waals surface area contributed by atoms with Crippen molar-refractivity contribution < 1.29 is 27.6 Å². The fraction of sp³-hybridized carbons (Fsp3) is 0.188. The van der Waals surface area contributed by atoms with Crippen LogP contribution in [0.15, 0.2) is 47.4 Å². The van der Waals surface area contributed by atoms with Gasteiger partial charge in [-0.05, 0) is 30.3 Å². The Balaban J connectivity index is 2.08. The van der Waals surface area contributed by atoms with E-state index in [1.807, 2.05) is 0 Å². The molecule has 0 aliphatic carbocycles. The zero-order valence-corrected chi connectivity index (χ0v) is 14.2. The van der Waals surface area contributed by atoms with Gasteiger partial charge in [0.1, 0.15) is 5.75 Å². The molecule has 0 bridgehead atoms. The van der Waals surface area contributed by atoms with Crippen LogP contribution in [0.5, 0.6) is 5.75 Å². The minimum atomic E-state index is -4.84. The van der Waals surface area contributed by atoms with Gasteiger partial charge in [0.2, 0.25) is 5.91 Å². The summed E-state index contributed by atoms with van der Waals surface area (Å²) in [4.78, 5) is 22.4. The number of nitrogens with one attached hydrogen (secondary N) is 1. The van der Waals surface area contributed by atoms with E-state index in [0.717, 1.165) is 28.8 Å². The van der Waals surface area contributed by atoms with Crippen molar-refractivity contribution >= 4 is 29.0 Å². The molecule has 2 aromatic rings. The second-order valence-electron chi connectivity index (χ2n) is 5.00. The zero-order valence-electron chi connectivity index (χ0n) is 13.4. The average Bonchev–Trinajstić information content (AvgIpc) is 2.59. The molecule has 0 heterocycles. The Morgan fingerprint density at radius 3 is 2.42 bits per heavy atom. The lowest BCUT2D eigenvalue weighted by Crippen LogP contribution is -2.18. The normalized spacial score (nSPS) is 11.1. The molecule has 1 N–H and O–H groups in total. The zero-order chi connectivity index (χ0) is 19.3. The molecular weight excluding hydrogens is 373 g/mol. The SMILES string of the molecule is COc1ccc(SCC(=O)Nc2ccc([N+](=O)[O-])cc2C(F)(F)F)cc1. The number of rotatable bonds is 6. The molecule has 2 aromatic carbocycles. The van der Waals surface area contributed by atoms with Crippen molar-refractivity contribution in [2.45, 2.75) is 11.1 Å². The molecule has 138 valence electrons. The van der Waals surface area contributed by atoms with Crippen molar-refractivity contribution in [3.05, 3.63) is 58.1 Å². The summed E-state index contributed by atoms with van der Waals surface area (Å²) in [5.41, 5.74) is -2.50. The number of benzene rings is 2. The molecule has 0 unspecified atom stereocenters. The van der Waals surface area contributed by atoms with E-state index in [9.17, 15) is 28.1 Å². The number of ether oxygens (including phenoxy) is 1. The van der Waals surface area contributed by atoms with Crippen molar-refractivity contribution in [2.24, 2.45) is 0 Å². The second kappa shape index (κ2) is 8.09. The van der Waals surface area contributed by atoms with Gasteiger partial charge in [-0.2, -0.15) is 13.2 Å². The Morgan fingerprint density at radius 1 is 1.23 bits per heavy atom. The number of hydrogen-bond acceptors (Lipinski definition) is 5. The van der Waals surface area contributed by atoms with E-state index in [-0.39, 0.29) is 5.75 Å². The van der Waals surface area contributed by atoms with Gasteiger partial charge in [0.15, 0.2) is 0 Å². The van der Waals surface area contributed by atoms with Crippen molar-refractivity contribution in [1.29, 1.82) is 0 Å². The van der Waals surface area contributed by atoms with Crippen molar-refractivity contribution in [2.75, 3.05) is 18.2 Å². The molecule has 0 aromatic heterocycles. The van der Waals surface area contributed by atoms with Crippen LogP contribution in [0.1, 0.15) is 5.56 Å². The first-order chi connectivity index (χ1) is 12.2. The fourth-order valence-electron chi connectivity index (χ4n) is 2.00. The smallest absolute Gasteiger partial charge is 0.418 e. The van der Waals surface area contributed by atoms with Crippen LogP contribution in [0.3, 0.4) is 0 Å². The summed E-state index contributed by atoms with van der Waals surface area (Å²) in [5, 5.41) is 12.8. The van der Waals surface area contributed by atoms with Crippen LogP contribution in [0, 0.1) is 10.1 Å². The molecule has 26 heavy (non-hydrogen) atoms. The molecule has 1 amide bonds. The number of methoxy groups -OCH3 is 1. The van der Waals surface area contributed by atoms with Crippen molar-refractivity contribution in [3.63, 3.8) is 0 Å². The standard InChI is InChI=1S/C16H13F3N2O4S/c1-25-11-3-5-12(6-4-11)26-9-15(22)20-14-7-2-10(21(23)24)8-13(14)16(17,18)19/h2-8H,9H2,1H3,(H,20,22). The Hall–Kier alpha value is -2.75. The molecule has 0 spiro atoms. The van der Waals surface area contributed by atoms with Gasteiger partial charge in [-0.1, -0.05) is 0 Å². The quantitative estimate of drug-likeness (QED) is 0.453. The summed E-state index contributed by atoms with van der Waals surface area (Å²) < 4.78 is 44.2. The number of nitro benzene ring substituents is 1. The molecule has 10 heteroatoms. The summed E-state index contributed by atoms with van der Waals surface area (Å²) in [6.45, 7) is 0. The third-order valence-corrected chi connectivity index (χ3v) is 4.23. The van der Waals surface area contributed by atoms with Gasteiger partial charge in [-0.3, -0.25) is 14.9 Å². The molecular formula is C16H13F3N2O4S. The Morgan fingerprint density at radius 2 is 1.88 bits per heavy atom. The van der Waals surface area contributed by atoms with E-state index in [1.54, 1.807) is 24.3 Å². The van der Waals surface area contributed by atoms with Crippen molar-refractivity contribution in [1.82, 2.24) is 0 Å². The molecule has 6 nitrogen and oxygen atoms in total. The molecule has 0 saturated carbocycles. The number of nitrogens with zero attached hydrogens (tertiary/aromatic N) is 1. The van der Waals surface area contributed by atoms with E-state index in [2.05, 4.69) is 5.32 Å². The van der Waals surface area contributed by atoms with E-state index in [1.165, 1.54) is 7.11 Å². The molecule has 0 atom stereocenters. The van der Waals surface area contributed by atoms with Gasteiger partial charge < -0.3 is 10.1 Å². The fourth-order valence-corrected chi connectivity index (χ4v) is 2.69. The van der Waals surface area contributed by atoms with Crippen LogP contribution in [0.25, 0.3) is 0 Å². The number of non-ortho nitro benzene ring substituents is 1. The predicted molar refractivity (Wildman–Crippen MR) is 90.4 cm³/mol. The summed E-state index contributed by atoms with van der Waals surface area (Å²) in [7, 11) is 1.51. The molecule has 0 aliphatic rings.